The minimum Gasteiger partial charge on any atom is -0.351 e. The Kier molecular flexibility index (Phi) is 3.62. The molecule has 0 radical (unpaired) electrons. The van der Waals surface area contributed by atoms with Crippen LogP contribution in [-0.4, -0.2) is 10.9 Å². The number of nitrogens with one attached hydrogen (secondary N) is 1. The number of carbonyl (C=O) groups excluding carboxylic acids is 1. The molecule has 0 saturated heterocycles. The van der Waals surface area contributed by atoms with E-state index in [9.17, 15) is 4.79 Å². The molecule has 1 amide bonds. The molecule has 1 heterocycles. The number of nitrogens with zero attached hydrogens (tertiary/aromatic N) is 2. The molecule has 1 unspecified atom stereocenters. The fourth-order valence-electron chi connectivity index (χ4n) is 0.904. The Morgan fingerprint density at radius 3 is 3.14 bits per heavy atom. The Balaban J connectivity index is 2.43. The van der Waals surface area contributed by atoms with Crippen LogP contribution in [0.1, 0.15) is 12.5 Å². The van der Waals surface area contributed by atoms with Crippen molar-refractivity contribution in [1.29, 1.82) is 5.26 Å². The van der Waals surface area contributed by atoms with Crippen molar-refractivity contribution in [1.82, 2.24) is 10.3 Å². The van der Waals surface area contributed by atoms with Gasteiger partial charge in [-0.3, -0.25) is 9.78 Å². The number of aromatic nitrogens is 1. The minimum atomic E-state index is -0.605. The van der Waals surface area contributed by atoms with Crippen molar-refractivity contribution >= 4 is 5.91 Å². The smallest absolute Gasteiger partial charge is 0.237 e. The maximum Gasteiger partial charge on any atom is 0.237 e. The highest BCUT2D eigenvalue weighted by molar-refractivity contribution is 5.80. The van der Waals surface area contributed by atoms with Crippen LogP contribution in [0, 0.1) is 17.2 Å². The zero-order chi connectivity index (χ0) is 10.4. The van der Waals surface area contributed by atoms with Crippen LogP contribution >= 0.6 is 0 Å². The van der Waals surface area contributed by atoms with Crippen molar-refractivity contribution in [2.45, 2.75) is 13.5 Å². The van der Waals surface area contributed by atoms with Gasteiger partial charge in [-0.05, 0) is 18.6 Å². The van der Waals surface area contributed by atoms with E-state index in [1.54, 1.807) is 25.4 Å². The highest BCUT2D eigenvalue weighted by Crippen LogP contribution is 1.96. The molecule has 0 aliphatic heterocycles. The van der Waals surface area contributed by atoms with Crippen LogP contribution in [0.15, 0.2) is 24.5 Å². The number of nitriles is 1. The number of rotatable bonds is 3. The van der Waals surface area contributed by atoms with E-state index in [-0.39, 0.29) is 5.91 Å². The maximum absolute atomic E-state index is 11.2. The molecule has 1 atom stereocenters. The molecule has 1 aromatic heterocycles. The van der Waals surface area contributed by atoms with Crippen LogP contribution < -0.4 is 5.32 Å². The summed E-state index contributed by atoms with van der Waals surface area (Å²) in [5.41, 5.74) is 0.922. The van der Waals surface area contributed by atoms with E-state index in [1.807, 2.05) is 12.1 Å². The van der Waals surface area contributed by atoms with Gasteiger partial charge in [-0.15, -0.1) is 0 Å². The van der Waals surface area contributed by atoms with E-state index < -0.39 is 5.92 Å². The summed E-state index contributed by atoms with van der Waals surface area (Å²) in [6.45, 7) is 1.98. The predicted octanol–water partition coefficient (Wildman–Crippen LogP) is 0.857. The van der Waals surface area contributed by atoms with Crippen molar-refractivity contribution in [2.24, 2.45) is 5.92 Å². The highest BCUT2D eigenvalue weighted by Gasteiger charge is 2.10. The van der Waals surface area contributed by atoms with E-state index >= 15 is 0 Å². The van der Waals surface area contributed by atoms with Crippen molar-refractivity contribution in [3.63, 3.8) is 0 Å². The Hall–Kier alpha value is -1.89. The number of hydrogen-bond donors (Lipinski definition) is 1. The standard InChI is InChI=1S/C10H11N3O/c1-8(5-11)10(14)13-7-9-3-2-4-12-6-9/h2-4,6,8H,7H2,1H3,(H,13,14). The van der Waals surface area contributed by atoms with Crippen LogP contribution in [0.2, 0.25) is 0 Å². The van der Waals surface area contributed by atoms with Gasteiger partial charge >= 0.3 is 0 Å². The Morgan fingerprint density at radius 2 is 2.57 bits per heavy atom. The first-order chi connectivity index (χ1) is 6.74. The molecule has 0 saturated carbocycles. The summed E-state index contributed by atoms with van der Waals surface area (Å²) in [6.07, 6.45) is 3.35. The first kappa shape index (κ1) is 10.2. The second-order valence-electron chi connectivity index (χ2n) is 2.93. The van der Waals surface area contributed by atoms with Crippen molar-refractivity contribution in [2.75, 3.05) is 0 Å². The number of hydrogen-bond acceptors (Lipinski definition) is 3. The van der Waals surface area contributed by atoms with Gasteiger partial charge in [0, 0.05) is 18.9 Å². The third-order valence-corrected chi connectivity index (χ3v) is 1.78. The van der Waals surface area contributed by atoms with E-state index in [1.165, 1.54) is 0 Å². The van der Waals surface area contributed by atoms with Gasteiger partial charge in [0.1, 0.15) is 5.92 Å². The molecule has 4 heteroatoms. The zero-order valence-electron chi connectivity index (χ0n) is 7.90. The number of amides is 1. The van der Waals surface area contributed by atoms with Crippen LogP contribution in [0.4, 0.5) is 0 Å². The lowest BCUT2D eigenvalue weighted by Crippen LogP contribution is -2.27. The normalized spacial score (nSPS) is 11.4. The summed E-state index contributed by atoms with van der Waals surface area (Å²) in [6, 6.07) is 5.54. The molecule has 14 heavy (non-hydrogen) atoms. The fourth-order valence-corrected chi connectivity index (χ4v) is 0.904. The summed E-state index contributed by atoms with van der Waals surface area (Å²) in [4.78, 5) is 15.1. The zero-order valence-corrected chi connectivity index (χ0v) is 7.90. The second-order valence-corrected chi connectivity index (χ2v) is 2.93. The van der Waals surface area contributed by atoms with Crippen LogP contribution in [0.25, 0.3) is 0 Å². The summed E-state index contributed by atoms with van der Waals surface area (Å²) >= 11 is 0. The van der Waals surface area contributed by atoms with Gasteiger partial charge < -0.3 is 5.32 Å². The molecule has 0 spiro atoms. The van der Waals surface area contributed by atoms with Crippen molar-refractivity contribution in [3.8, 4) is 6.07 Å². The van der Waals surface area contributed by atoms with Gasteiger partial charge in [0.25, 0.3) is 0 Å². The minimum absolute atomic E-state index is 0.253. The second kappa shape index (κ2) is 4.97. The molecule has 0 bridgehead atoms. The molecule has 72 valence electrons. The molecular formula is C10H11N3O. The van der Waals surface area contributed by atoms with Gasteiger partial charge in [-0.2, -0.15) is 5.26 Å². The van der Waals surface area contributed by atoms with E-state index in [0.717, 1.165) is 5.56 Å². The van der Waals surface area contributed by atoms with Crippen molar-refractivity contribution in [3.05, 3.63) is 30.1 Å². The summed E-state index contributed by atoms with van der Waals surface area (Å²) < 4.78 is 0. The molecule has 0 aromatic carbocycles. The first-order valence-electron chi connectivity index (χ1n) is 4.30. The predicted molar refractivity (Wildman–Crippen MR) is 50.9 cm³/mol. The molecule has 1 aromatic rings. The van der Waals surface area contributed by atoms with Gasteiger partial charge in [0.15, 0.2) is 0 Å². The van der Waals surface area contributed by atoms with Crippen LogP contribution in [0.5, 0.6) is 0 Å². The molecule has 0 aliphatic rings. The average molecular weight is 189 g/mol. The lowest BCUT2D eigenvalue weighted by Gasteiger charge is -2.05. The first-order valence-corrected chi connectivity index (χ1v) is 4.30. The van der Waals surface area contributed by atoms with Gasteiger partial charge in [0.05, 0.1) is 6.07 Å². The van der Waals surface area contributed by atoms with Gasteiger partial charge in [-0.1, -0.05) is 6.07 Å². The molecule has 4 nitrogen and oxygen atoms in total. The van der Waals surface area contributed by atoms with Crippen LogP contribution in [0.3, 0.4) is 0 Å². The lowest BCUT2D eigenvalue weighted by molar-refractivity contribution is -0.123. The topological polar surface area (TPSA) is 65.8 Å². The molecule has 0 fully saturated rings. The van der Waals surface area contributed by atoms with E-state index in [4.69, 9.17) is 5.26 Å². The highest BCUT2D eigenvalue weighted by atomic mass is 16.1. The fraction of sp³-hybridized carbons (Fsp3) is 0.300. The molecule has 1 rings (SSSR count). The SMILES string of the molecule is CC(C#N)C(=O)NCc1cccnc1. The number of carbonyl (C=O) groups is 1. The molecule has 1 N–H and O–H groups in total. The third-order valence-electron chi connectivity index (χ3n) is 1.78. The average Bonchev–Trinajstić information content (AvgIpc) is 2.26. The maximum atomic E-state index is 11.2. The number of pyridine rings is 1. The quantitative estimate of drug-likeness (QED) is 0.766. The van der Waals surface area contributed by atoms with Crippen LogP contribution in [-0.2, 0) is 11.3 Å². The van der Waals surface area contributed by atoms with Gasteiger partial charge in [-0.25, -0.2) is 0 Å². The third kappa shape index (κ3) is 2.87. The Bertz CT molecular complexity index is 342. The Labute approximate surface area is 82.6 Å². The van der Waals surface area contributed by atoms with Gasteiger partial charge in [0.2, 0.25) is 5.91 Å². The summed E-state index contributed by atoms with van der Waals surface area (Å²) in [5, 5.41) is 11.1. The monoisotopic (exact) mass is 189 g/mol. The van der Waals surface area contributed by atoms with E-state index in [0.29, 0.717) is 6.54 Å². The lowest BCUT2D eigenvalue weighted by atomic mass is 10.2. The van der Waals surface area contributed by atoms with E-state index in [2.05, 4.69) is 10.3 Å². The molecule has 0 aliphatic carbocycles. The Morgan fingerprint density at radius 1 is 1.79 bits per heavy atom. The summed E-state index contributed by atoms with van der Waals surface area (Å²) in [7, 11) is 0. The molecular weight excluding hydrogens is 178 g/mol. The van der Waals surface area contributed by atoms with Crippen molar-refractivity contribution < 1.29 is 4.79 Å². The largest absolute Gasteiger partial charge is 0.351 e. The summed E-state index contributed by atoms with van der Waals surface area (Å²) in [5.74, 6) is -0.858.